The van der Waals surface area contributed by atoms with Crippen molar-refractivity contribution in [1.29, 1.82) is 0 Å². The molecule has 2 aromatic heterocycles. The Hall–Kier alpha value is -5.31. The Morgan fingerprint density at radius 3 is 2.49 bits per heavy atom. The maximum Gasteiger partial charge on any atom is 0.291 e. The van der Waals surface area contributed by atoms with Crippen LogP contribution in [0.4, 0.5) is 11.4 Å². The third-order valence-corrected chi connectivity index (χ3v) is 6.15. The number of carbonyl (C=O) groups is 1. The Morgan fingerprint density at radius 2 is 1.65 bits per heavy atom. The number of nitrogens with one attached hydrogen (secondary N) is 1. The molecule has 6 rings (SSSR count). The molecule has 4 aromatic carbocycles. The molecule has 0 saturated carbocycles. The van der Waals surface area contributed by atoms with Gasteiger partial charge in [-0.25, -0.2) is 0 Å². The largest absolute Gasteiger partial charge is 0.451 e. The highest BCUT2D eigenvalue weighted by Crippen LogP contribution is 2.31. The van der Waals surface area contributed by atoms with Gasteiger partial charge in [-0.3, -0.25) is 14.9 Å². The van der Waals surface area contributed by atoms with Gasteiger partial charge in [0.05, 0.1) is 16.2 Å². The standard InChI is InChI=1S/C28H19N5O4/c1-17-15-22-23(31-32(30-22)24-12-6-8-18-7-2-3-9-19(18)24)16-21(17)29-28(34)27-14-13-26(37-27)20-10-4-5-11-25(20)33(35)36/h2-16H,1H3,(H,29,34). The number of anilines is 1. The van der Waals surface area contributed by atoms with E-state index in [1.54, 1.807) is 35.1 Å². The number of aromatic nitrogens is 3. The molecule has 0 aliphatic rings. The molecule has 0 unspecified atom stereocenters. The van der Waals surface area contributed by atoms with Crippen molar-refractivity contribution < 1.29 is 14.1 Å². The van der Waals surface area contributed by atoms with Gasteiger partial charge in [0.25, 0.3) is 11.6 Å². The summed E-state index contributed by atoms with van der Waals surface area (Å²) in [5.41, 5.74) is 3.74. The van der Waals surface area contributed by atoms with E-state index < -0.39 is 10.8 Å². The fraction of sp³-hybridized carbons (Fsp3) is 0.0357. The molecule has 0 fully saturated rings. The number of fused-ring (bicyclic) bond motifs is 2. The van der Waals surface area contributed by atoms with Crippen molar-refractivity contribution in [2.75, 3.05) is 5.32 Å². The van der Waals surface area contributed by atoms with Gasteiger partial charge in [-0.05, 0) is 54.3 Å². The molecule has 37 heavy (non-hydrogen) atoms. The minimum Gasteiger partial charge on any atom is -0.451 e. The van der Waals surface area contributed by atoms with Crippen LogP contribution in [0.5, 0.6) is 0 Å². The number of hydrogen-bond donors (Lipinski definition) is 1. The van der Waals surface area contributed by atoms with Crippen LogP contribution in [0.1, 0.15) is 16.1 Å². The Balaban J connectivity index is 1.30. The molecule has 0 radical (unpaired) electrons. The Morgan fingerprint density at radius 1 is 0.919 bits per heavy atom. The molecule has 1 N–H and O–H groups in total. The summed E-state index contributed by atoms with van der Waals surface area (Å²) in [5.74, 6) is -0.205. The second kappa shape index (κ2) is 8.72. The molecule has 0 aliphatic carbocycles. The van der Waals surface area contributed by atoms with Gasteiger partial charge in [-0.2, -0.15) is 0 Å². The van der Waals surface area contributed by atoms with Crippen molar-refractivity contribution in [1.82, 2.24) is 15.0 Å². The number of para-hydroxylation sites is 1. The van der Waals surface area contributed by atoms with Crippen molar-refractivity contribution in [2.24, 2.45) is 0 Å². The van der Waals surface area contributed by atoms with Crippen LogP contribution < -0.4 is 5.32 Å². The normalized spacial score (nSPS) is 11.2. The van der Waals surface area contributed by atoms with Gasteiger partial charge in [0.1, 0.15) is 16.8 Å². The van der Waals surface area contributed by atoms with Crippen molar-refractivity contribution in [3.63, 3.8) is 0 Å². The minimum atomic E-state index is -0.485. The van der Waals surface area contributed by atoms with E-state index >= 15 is 0 Å². The van der Waals surface area contributed by atoms with Crippen molar-refractivity contribution in [3.8, 4) is 17.0 Å². The molecule has 0 atom stereocenters. The molecule has 9 nitrogen and oxygen atoms in total. The Labute approximate surface area is 210 Å². The summed E-state index contributed by atoms with van der Waals surface area (Å²) in [4.78, 5) is 25.4. The first-order valence-electron chi connectivity index (χ1n) is 11.5. The number of hydrogen-bond acceptors (Lipinski definition) is 6. The first-order chi connectivity index (χ1) is 18.0. The van der Waals surface area contributed by atoms with Crippen LogP contribution in [-0.4, -0.2) is 25.8 Å². The van der Waals surface area contributed by atoms with Crippen molar-refractivity contribution in [2.45, 2.75) is 6.92 Å². The first-order valence-corrected chi connectivity index (χ1v) is 11.5. The zero-order valence-corrected chi connectivity index (χ0v) is 19.6. The fourth-order valence-corrected chi connectivity index (χ4v) is 4.32. The lowest BCUT2D eigenvalue weighted by Crippen LogP contribution is -2.11. The number of amides is 1. The number of nitro benzene ring substituents is 1. The molecule has 0 saturated heterocycles. The van der Waals surface area contributed by atoms with Crippen LogP contribution in [0.2, 0.25) is 0 Å². The molecule has 0 aliphatic heterocycles. The summed E-state index contributed by atoms with van der Waals surface area (Å²) in [6.07, 6.45) is 0. The fourth-order valence-electron chi connectivity index (χ4n) is 4.32. The van der Waals surface area contributed by atoms with E-state index in [9.17, 15) is 14.9 Å². The molecule has 2 heterocycles. The Bertz CT molecular complexity index is 1830. The summed E-state index contributed by atoms with van der Waals surface area (Å²) in [7, 11) is 0. The van der Waals surface area contributed by atoms with E-state index in [4.69, 9.17) is 4.42 Å². The molecule has 6 aromatic rings. The zero-order valence-electron chi connectivity index (χ0n) is 19.6. The summed E-state index contributed by atoms with van der Waals surface area (Å²) in [5, 5.41) is 25.6. The summed E-state index contributed by atoms with van der Waals surface area (Å²) < 4.78 is 5.68. The number of benzene rings is 4. The van der Waals surface area contributed by atoms with Crippen LogP contribution in [0.25, 0.3) is 38.8 Å². The lowest BCUT2D eigenvalue weighted by Gasteiger charge is -2.06. The zero-order chi connectivity index (χ0) is 25.5. The van der Waals surface area contributed by atoms with Crippen LogP contribution in [-0.2, 0) is 0 Å². The molecule has 0 bridgehead atoms. The monoisotopic (exact) mass is 489 g/mol. The van der Waals surface area contributed by atoms with Crippen LogP contribution in [0.3, 0.4) is 0 Å². The predicted octanol–water partition coefficient (Wildman–Crippen LogP) is 6.30. The maximum absolute atomic E-state index is 13.0. The van der Waals surface area contributed by atoms with E-state index in [0.717, 1.165) is 22.0 Å². The second-order valence-corrected chi connectivity index (χ2v) is 8.54. The first kappa shape index (κ1) is 22.2. The van der Waals surface area contributed by atoms with Gasteiger partial charge in [0.2, 0.25) is 0 Å². The topological polar surface area (TPSA) is 116 Å². The van der Waals surface area contributed by atoms with Gasteiger partial charge in [0.15, 0.2) is 5.76 Å². The average molecular weight is 489 g/mol. The molecular formula is C28H19N5O4. The highest BCUT2D eigenvalue weighted by atomic mass is 16.6. The summed E-state index contributed by atoms with van der Waals surface area (Å²) in [6, 6.07) is 26.9. The lowest BCUT2D eigenvalue weighted by molar-refractivity contribution is -0.384. The molecule has 0 spiro atoms. The highest BCUT2D eigenvalue weighted by molar-refractivity contribution is 6.04. The van der Waals surface area contributed by atoms with E-state index in [1.165, 1.54) is 12.1 Å². The SMILES string of the molecule is Cc1cc2nn(-c3cccc4ccccc34)nc2cc1NC(=O)c1ccc(-c2ccccc2[N+](=O)[O-])o1. The average Bonchev–Trinajstić information content (AvgIpc) is 3.56. The van der Waals surface area contributed by atoms with Gasteiger partial charge in [0, 0.05) is 17.1 Å². The molecule has 9 heteroatoms. The van der Waals surface area contributed by atoms with Crippen molar-refractivity contribution >= 4 is 39.1 Å². The maximum atomic E-state index is 13.0. The third-order valence-electron chi connectivity index (χ3n) is 6.15. The lowest BCUT2D eigenvalue weighted by atomic mass is 10.1. The summed E-state index contributed by atoms with van der Waals surface area (Å²) in [6.45, 7) is 1.87. The predicted molar refractivity (Wildman–Crippen MR) is 140 cm³/mol. The number of furan rings is 1. The van der Waals surface area contributed by atoms with E-state index in [1.807, 2.05) is 55.5 Å². The van der Waals surface area contributed by atoms with E-state index in [2.05, 4.69) is 15.5 Å². The number of rotatable bonds is 5. The van der Waals surface area contributed by atoms with Gasteiger partial charge in [-0.15, -0.1) is 15.0 Å². The quantitative estimate of drug-likeness (QED) is 0.224. The van der Waals surface area contributed by atoms with Gasteiger partial charge < -0.3 is 9.73 Å². The third kappa shape index (κ3) is 3.98. The van der Waals surface area contributed by atoms with Crippen LogP contribution in [0.15, 0.2) is 95.4 Å². The number of nitro groups is 1. The molecular weight excluding hydrogens is 470 g/mol. The van der Waals surface area contributed by atoms with E-state index in [0.29, 0.717) is 22.3 Å². The molecule has 1 amide bonds. The van der Waals surface area contributed by atoms with Crippen LogP contribution in [0, 0.1) is 17.0 Å². The van der Waals surface area contributed by atoms with E-state index in [-0.39, 0.29) is 17.2 Å². The number of carbonyl (C=O) groups excluding carboxylic acids is 1. The molecule has 180 valence electrons. The van der Waals surface area contributed by atoms with Gasteiger partial charge in [-0.1, -0.05) is 48.5 Å². The van der Waals surface area contributed by atoms with Gasteiger partial charge >= 0.3 is 0 Å². The highest BCUT2D eigenvalue weighted by Gasteiger charge is 2.20. The second-order valence-electron chi connectivity index (χ2n) is 8.54. The van der Waals surface area contributed by atoms with Crippen LogP contribution >= 0.6 is 0 Å². The Kier molecular flexibility index (Phi) is 5.23. The summed E-state index contributed by atoms with van der Waals surface area (Å²) >= 11 is 0. The minimum absolute atomic E-state index is 0.0343. The van der Waals surface area contributed by atoms with Crippen molar-refractivity contribution in [3.05, 3.63) is 112 Å². The number of aryl methyl sites for hydroxylation is 1. The smallest absolute Gasteiger partial charge is 0.291 e. The number of nitrogens with zero attached hydrogens (tertiary/aromatic N) is 4.